The van der Waals surface area contributed by atoms with Crippen molar-refractivity contribution < 1.29 is 0 Å². The average molecular weight is 265 g/mol. The summed E-state index contributed by atoms with van der Waals surface area (Å²) < 4.78 is 4.54. The van der Waals surface area contributed by atoms with Gasteiger partial charge < -0.3 is 0 Å². The molecule has 1 aromatic heterocycles. The molecule has 4 rings (SSSR count). The summed E-state index contributed by atoms with van der Waals surface area (Å²) in [5.74, 6) is 0. The minimum atomic E-state index is -1.35. The van der Waals surface area contributed by atoms with Crippen molar-refractivity contribution in [1.29, 1.82) is 0 Å². The van der Waals surface area contributed by atoms with E-state index in [0.717, 1.165) is 6.42 Å². The second-order valence-corrected chi connectivity index (χ2v) is 11.9. The van der Waals surface area contributed by atoms with Crippen molar-refractivity contribution in [3.8, 4) is 0 Å². The molecule has 0 spiro atoms. The maximum Gasteiger partial charge on any atom is 0.347 e. The molecule has 3 aliphatic rings. The largest absolute Gasteiger partial charge is 0.347 e. The normalized spacial score (nSPS) is 29.7. The summed E-state index contributed by atoms with van der Waals surface area (Å²) in [5.41, 5.74) is 0.169. The van der Waals surface area contributed by atoms with Gasteiger partial charge in [-0.1, -0.05) is 31.8 Å². The number of aromatic nitrogens is 3. The highest BCUT2D eigenvalue weighted by Gasteiger charge is 2.44. The van der Waals surface area contributed by atoms with Gasteiger partial charge in [0.05, 0.1) is 20.2 Å². The Hall–Kier alpha value is -1.30. The zero-order valence-electron chi connectivity index (χ0n) is 11.3. The van der Waals surface area contributed by atoms with Crippen LogP contribution in [0.2, 0.25) is 25.2 Å². The Morgan fingerprint density at radius 1 is 1.11 bits per heavy atom. The number of allylic oxidation sites excluding steroid dienone is 2. The molecule has 98 valence electrons. The number of rotatable bonds is 1. The third-order valence-corrected chi connectivity index (χ3v) is 7.15. The van der Waals surface area contributed by atoms with Gasteiger partial charge in [0.1, 0.15) is 0 Å². The molecule has 0 amide bonds. The maximum absolute atomic E-state index is 12.2. The Morgan fingerprint density at radius 3 is 2.33 bits per heavy atom. The van der Waals surface area contributed by atoms with E-state index in [1.807, 2.05) is 0 Å². The second kappa shape index (κ2) is 3.37. The highest BCUT2D eigenvalue weighted by Crippen LogP contribution is 2.47. The summed E-state index contributed by atoms with van der Waals surface area (Å²) in [6, 6.07) is 0.135. The Morgan fingerprint density at radius 2 is 1.72 bits per heavy atom. The molecular formula is C12H19N3O2Si. The monoisotopic (exact) mass is 265 g/mol. The predicted molar refractivity (Wildman–Crippen MR) is 72.9 cm³/mol. The molecule has 3 heterocycles. The molecule has 1 aliphatic carbocycles. The van der Waals surface area contributed by atoms with Crippen LogP contribution in [0.3, 0.4) is 0 Å². The van der Waals surface area contributed by atoms with Gasteiger partial charge >= 0.3 is 11.4 Å². The van der Waals surface area contributed by atoms with Crippen LogP contribution in [0.5, 0.6) is 0 Å². The van der Waals surface area contributed by atoms with E-state index >= 15 is 0 Å². The number of hydrogen-bond acceptors (Lipinski definition) is 2. The Balaban J connectivity index is 2.25. The number of fused-ring (bicyclic) bond motifs is 1. The van der Waals surface area contributed by atoms with Gasteiger partial charge in [-0.05, 0) is 12.0 Å². The van der Waals surface area contributed by atoms with E-state index in [9.17, 15) is 9.59 Å². The molecule has 5 nitrogen and oxygen atoms in total. The van der Waals surface area contributed by atoms with Gasteiger partial charge in [-0.25, -0.2) is 23.5 Å². The minimum absolute atomic E-state index is 0.0631. The summed E-state index contributed by atoms with van der Waals surface area (Å²) in [6.45, 7) is 7.01. The van der Waals surface area contributed by atoms with Crippen LogP contribution in [-0.2, 0) is 7.05 Å². The molecule has 0 aromatic carbocycles. The van der Waals surface area contributed by atoms with Crippen LogP contribution in [0.25, 0.3) is 0 Å². The fourth-order valence-corrected chi connectivity index (χ4v) is 5.53. The molecule has 3 unspecified atom stereocenters. The van der Waals surface area contributed by atoms with Crippen LogP contribution in [0.4, 0.5) is 0 Å². The van der Waals surface area contributed by atoms with Crippen molar-refractivity contribution in [2.45, 2.75) is 43.7 Å². The van der Waals surface area contributed by atoms with Crippen molar-refractivity contribution in [1.82, 2.24) is 13.9 Å². The van der Waals surface area contributed by atoms with Crippen molar-refractivity contribution in [3.05, 3.63) is 33.1 Å². The van der Waals surface area contributed by atoms with Gasteiger partial charge in [-0.2, -0.15) is 0 Å². The predicted octanol–water partition coefficient (Wildman–Crippen LogP) is 1.11. The molecule has 1 aromatic rings. The topological polar surface area (TPSA) is 48.9 Å². The van der Waals surface area contributed by atoms with E-state index in [2.05, 4.69) is 31.8 Å². The second-order valence-electron chi connectivity index (χ2n) is 6.46. The SMILES string of the molecule is Cn1c(=O)n2n(c1=O)C1C=CC2CC1[Si](C)(C)C. The van der Waals surface area contributed by atoms with Crippen molar-refractivity contribution in [2.75, 3.05) is 0 Å². The highest BCUT2D eigenvalue weighted by atomic mass is 28.3. The van der Waals surface area contributed by atoms with Gasteiger partial charge in [0.15, 0.2) is 0 Å². The van der Waals surface area contributed by atoms with E-state index in [0.29, 0.717) is 5.54 Å². The van der Waals surface area contributed by atoms with E-state index in [1.165, 1.54) is 4.57 Å². The first-order valence-corrected chi connectivity index (χ1v) is 9.98. The van der Waals surface area contributed by atoms with Crippen molar-refractivity contribution in [3.63, 3.8) is 0 Å². The number of hydrogen-bond donors (Lipinski definition) is 0. The lowest BCUT2D eigenvalue weighted by molar-refractivity contribution is 0.253. The summed E-state index contributed by atoms with van der Waals surface area (Å²) >= 11 is 0. The average Bonchev–Trinajstić information content (AvgIpc) is 2.56. The van der Waals surface area contributed by atoms with Gasteiger partial charge in [0.2, 0.25) is 0 Å². The first kappa shape index (κ1) is 11.8. The lowest BCUT2D eigenvalue weighted by atomic mass is 9.95. The van der Waals surface area contributed by atoms with E-state index in [4.69, 9.17) is 0 Å². The molecule has 0 N–H and O–H groups in total. The number of nitrogens with zero attached hydrogens (tertiary/aromatic N) is 3. The fourth-order valence-electron chi connectivity index (χ4n) is 3.30. The molecular weight excluding hydrogens is 246 g/mol. The third kappa shape index (κ3) is 1.32. The zero-order chi connectivity index (χ0) is 13.2. The van der Waals surface area contributed by atoms with Gasteiger partial charge in [-0.3, -0.25) is 0 Å². The van der Waals surface area contributed by atoms with E-state index < -0.39 is 8.07 Å². The maximum atomic E-state index is 12.2. The third-order valence-electron chi connectivity index (χ3n) is 4.35. The molecule has 0 fully saturated rings. The molecule has 0 radical (unpaired) electrons. The Kier molecular flexibility index (Phi) is 2.21. The van der Waals surface area contributed by atoms with Gasteiger partial charge in [0, 0.05) is 7.05 Å². The smallest absolute Gasteiger partial charge is 0.246 e. The van der Waals surface area contributed by atoms with Crippen LogP contribution >= 0.6 is 0 Å². The summed E-state index contributed by atoms with van der Waals surface area (Å²) in [7, 11) is 0.216. The van der Waals surface area contributed by atoms with Crippen LogP contribution in [-0.4, -0.2) is 22.0 Å². The van der Waals surface area contributed by atoms with Crippen LogP contribution < -0.4 is 11.4 Å². The quantitative estimate of drug-likeness (QED) is 0.564. The van der Waals surface area contributed by atoms with Crippen LogP contribution in [0, 0.1) is 0 Å². The van der Waals surface area contributed by atoms with E-state index in [1.54, 1.807) is 16.4 Å². The molecule has 0 saturated heterocycles. The molecule has 18 heavy (non-hydrogen) atoms. The summed E-state index contributed by atoms with van der Waals surface area (Å²) in [4.78, 5) is 24.2. The lowest BCUT2D eigenvalue weighted by Gasteiger charge is -2.44. The van der Waals surface area contributed by atoms with Crippen molar-refractivity contribution >= 4 is 8.07 Å². The Labute approximate surface area is 106 Å². The molecule has 2 bridgehead atoms. The molecule has 3 atom stereocenters. The molecule has 0 saturated carbocycles. The Bertz CT molecular complexity index is 644. The van der Waals surface area contributed by atoms with Crippen LogP contribution in [0.15, 0.2) is 21.7 Å². The highest BCUT2D eigenvalue weighted by molar-refractivity contribution is 6.77. The first-order chi connectivity index (χ1) is 8.32. The standard InChI is InChI=1S/C12H19N3O2Si/c1-13-11(16)14-8-5-6-9(15(14)12(13)17)10(7-8)18(2,3)4/h5-6,8-10H,7H2,1-4H3. The fraction of sp³-hybridized carbons (Fsp3) is 0.667. The summed E-state index contributed by atoms with van der Waals surface area (Å²) in [5, 5.41) is 0. The van der Waals surface area contributed by atoms with Crippen LogP contribution in [0.1, 0.15) is 18.5 Å². The van der Waals surface area contributed by atoms with Crippen molar-refractivity contribution in [2.24, 2.45) is 7.05 Å². The van der Waals surface area contributed by atoms with Gasteiger partial charge in [-0.15, -0.1) is 0 Å². The molecule has 6 heteroatoms. The molecule has 2 aliphatic heterocycles. The minimum Gasteiger partial charge on any atom is -0.246 e. The van der Waals surface area contributed by atoms with E-state index in [-0.39, 0.29) is 23.5 Å². The first-order valence-electron chi connectivity index (χ1n) is 6.40. The van der Waals surface area contributed by atoms with Gasteiger partial charge in [0.25, 0.3) is 0 Å². The zero-order valence-corrected chi connectivity index (χ0v) is 12.3. The summed E-state index contributed by atoms with van der Waals surface area (Å²) in [6.07, 6.45) is 5.21. The lowest BCUT2D eigenvalue weighted by Crippen LogP contribution is -2.48.